The molecule has 14 heavy (non-hydrogen) atoms. The van der Waals surface area contributed by atoms with Crippen LogP contribution in [-0.4, -0.2) is 36.2 Å². The second kappa shape index (κ2) is 5.32. The van der Waals surface area contributed by atoms with E-state index in [1.54, 1.807) is 20.9 Å². The first kappa shape index (κ1) is 13.4. The molecule has 0 aromatic heterocycles. The highest BCUT2D eigenvalue weighted by atomic mass is 16.3. The second-order valence-electron chi connectivity index (χ2n) is 4.38. The van der Waals surface area contributed by atoms with Crippen LogP contribution in [0.3, 0.4) is 0 Å². The molecule has 1 amide bonds. The Morgan fingerprint density at radius 2 is 1.93 bits per heavy atom. The molecule has 1 atom stereocenters. The molecule has 0 aromatic carbocycles. The smallest absolute Gasteiger partial charge is 0.240 e. The van der Waals surface area contributed by atoms with Gasteiger partial charge in [0.1, 0.15) is 0 Å². The summed E-state index contributed by atoms with van der Waals surface area (Å²) in [6, 6.07) is -0.171. The zero-order chi connectivity index (χ0) is 11.4. The highest BCUT2D eigenvalue weighted by molar-refractivity contribution is 5.85. The van der Waals surface area contributed by atoms with Crippen molar-refractivity contribution in [2.45, 2.75) is 39.3 Å². The monoisotopic (exact) mass is 202 g/mol. The van der Waals surface area contributed by atoms with Gasteiger partial charge in [0.15, 0.2) is 0 Å². The van der Waals surface area contributed by atoms with Gasteiger partial charge in [0.25, 0.3) is 0 Å². The van der Waals surface area contributed by atoms with Crippen LogP contribution in [-0.2, 0) is 4.79 Å². The number of carbonyl (C=O) groups excluding carboxylic acids is 1. The topological polar surface area (TPSA) is 61.4 Å². The van der Waals surface area contributed by atoms with Gasteiger partial charge in [-0.2, -0.15) is 0 Å². The molecule has 0 aromatic rings. The fraction of sp³-hybridized carbons (Fsp3) is 0.900. The van der Waals surface area contributed by atoms with Gasteiger partial charge in [0.05, 0.1) is 18.2 Å². The maximum atomic E-state index is 11.7. The van der Waals surface area contributed by atoms with E-state index >= 15 is 0 Å². The fourth-order valence-electron chi connectivity index (χ4n) is 0.885. The fourth-order valence-corrected chi connectivity index (χ4v) is 0.885. The number of carbonyl (C=O) groups is 1. The molecule has 0 saturated carbocycles. The molecular weight excluding hydrogens is 180 g/mol. The Bertz CT molecular complexity index is 191. The summed E-state index contributed by atoms with van der Waals surface area (Å²) in [6.07, 6.45) is 0. The van der Waals surface area contributed by atoms with Crippen molar-refractivity contribution in [2.24, 2.45) is 5.92 Å². The third-order valence-corrected chi connectivity index (χ3v) is 2.51. The van der Waals surface area contributed by atoms with Crippen LogP contribution in [0, 0.1) is 5.92 Å². The van der Waals surface area contributed by atoms with Crippen LogP contribution in [0.5, 0.6) is 0 Å². The summed E-state index contributed by atoms with van der Waals surface area (Å²) in [5, 5.41) is 14.8. The summed E-state index contributed by atoms with van der Waals surface area (Å²) in [5.74, 6) is 0.143. The molecule has 0 aliphatic heterocycles. The Balaban J connectivity index is 4.30. The zero-order valence-electron chi connectivity index (χ0n) is 9.72. The lowest BCUT2D eigenvalue weighted by Gasteiger charge is -2.27. The molecule has 0 aliphatic rings. The van der Waals surface area contributed by atoms with E-state index in [-0.39, 0.29) is 24.5 Å². The first-order chi connectivity index (χ1) is 6.35. The van der Waals surface area contributed by atoms with Crippen molar-refractivity contribution in [2.75, 3.05) is 13.7 Å². The van der Waals surface area contributed by atoms with E-state index in [2.05, 4.69) is 10.6 Å². The summed E-state index contributed by atoms with van der Waals surface area (Å²) >= 11 is 0. The number of likely N-dealkylation sites (N-methyl/N-ethyl adjacent to an activating group) is 1. The molecule has 4 nitrogen and oxygen atoms in total. The van der Waals surface area contributed by atoms with Crippen LogP contribution in [0.25, 0.3) is 0 Å². The maximum Gasteiger partial charge on any atom is 0.240 e. The van der Waals surface area contributed by atoms with Gasteiger partial charge >= 0.3 is 0 Å². The molecule has 4 heteroatoms. The normalized spacial score (nSPS) is 14.2. The number of hydrogen-bond donors (Lipinski definition) is 3. The van der Waals surface area contributed by atoms with Gasteiger partial charge < -0.3 is 15.7 Å². The summed E-state index contributed by atoms with van der Waals surface area (Å²) in [4.78, 5) is 11.7. The predicted molar refractivity (Wildman–Crippen MR) is 57.0 cm³/mol. The number of aliphatic hydroxyl groups is 1. The molecule has 0 heterocycles. The Labute approximate surface area is 86.1 Å². The summed E-state index contributed by atoms with van der Waals surface area (Å²) in [7, 11) is 1.74. The lowest BCUT2D eigenvalue weighted by molar-refractivity contribution is -0.127. The Kier molecular flexibility index (Phi) is 5.08. The molecule has 0 aliphatic carbocycles. The molecule has 0 spiro atoms. The van der Waals surface area contributed by atoms with Gasteiger partial charge in [-0.1, -0.05) is 13.8 Å². The van der Waals surface area contributed by atoms with Gasteiger partial charge in [0.2, 0.25) is 5.91 Å². The van der Waals surface area contributed by atoms with E-state index in [4.69, 9.17) is 5.11 Å². The van der Waals surface area contributed by atoms with Gasteiger partial charge in [-0.15, -0.1) is 0 Å². The number of amides is 1. The zero-order valence-corrected chi connectivity index (χ0v) is 9.72. The second-order valence-corrected chi connectivity index (χ2v) is 4.38. The first-order valence-electron chi connectivity index (χ1n) is 4.96. The molecule has 0 radical (unpaired) electrons. The van der Waals surface area contributed by atoms with Crippen LogP contribution < -0.4 is 10.6 Å². The number of aliphatic hydroxyl groups excluding tert-OH is 1. The van der Waals surface area contributed by atoms with Crippen molar-refractivity contribution in [3.8, 4) is 0 Å². The Morgan fingerprint density at radius 3 is 2.21 bits per heavy atom. The van der Waals surface area contributed by atoms with Crippen molar-refractivity contribution < 1.29 is 9.90 Å². The average molecular weight is 202 g/mol. The molecular formula is C10H22N2O2. The van der Waals surface area contributed by atoms with Crippen molar-refractivity contribution in [1.82, 2.24) is 10.6 Å². The minimum Gasteiger partial charge on any atom is -0.394 e. The van der Waals surface area contributed by atoms with Crippen LogP contribution in [0.15, 0.2) is 0 Å². The molecule has 0 fully saturated rings. The minimum atomic E-state index is -0.595. The van der Waals surface area contributed by atoms with Gasteiger partial charge in [-0.25, -0.2) is 0 Å². The highest BCUT2D eigenvalue weighted by Gasteiger charge is 2.27. The lowest BCUT2D eigenvalue weighted by atomic mass is 10.0. The quantitative estimate of drug-likeness (QED) is 0.593. The lowest BCUT2D eigenvalue weighted by Crippen LogP contribution is -2.55. The number of hydrogen-bond acceptors (Lipinski definition) is 3. The molecule has 1 unspecified atom stereocenters. The maximum absolute atomic E-state index is 11.7. The first-order valence-corrected chi connectivity index (χ1v) is 4.96. The summed E-state index contributed by atoms with van der Waals surface area (Å²) in [5.41, 5.74) is -0.595. The van der Waals surface area contributed by atoms with E-state index in [1.807, 2.05) is 13.8 Å². The standard InChI is InChI=1S/C10H22N2O2/c1-7(2)8(6-13)12-9(14)10(3,4)11-5/h7-8,11,13H,6H2,1-5H3,(H,12,14). The minimum absolute atomic E-state index is 0.0246. The van der Waals surface area contributed by atoms with Crippen LogP contribution in [0.2, 0.25) is 0 Å². The van der Waals surface area contributed by atoms with Gasteiger partial charge in [0, 0.05) is 0 Å². The summed E-state index contributed by atoms with van der Waals surface area (Å²) < 4.78 is 0. The van der Waals surface area contributed by atoms with E-state index in [1.165, 1.54) is 0 Å². The van der Waals surface area contributed by atoms with E-state index in [9.17, 15) is 4.79 Å². The number of nitrogens with one attached hydrogen (secondary N) is 2. The van der Waals surface area contributed by atoms with Crippen LogP contribution >= 0.6 is 0 Å². The van der Waals surface area contributed by atoms with Crippen molar-refractivity contribution in [3.05, 3.63) is 0 Å². The molecule has 0 bridgehead atoms. The highest BCUT2D eigenvalue weighted by Crippen LogP contribution is 2.05. The SMILES string of the molecule is CNC(C)(C)C(=O)NC(CO)C(C)C. The molecule has 3 N–H and O–H groups in total. The van der Waals surface area contributed by atoms with Crippen LogP contribution in [0.1, 0.15) is 27.7 Å². The largest absolute Gasteiger partial charge is 0.394 e. The van der Waals surface area contributed by atoms with Gasteiger partial charge in [-0.05, 0) is 26.8 Å². The van der Waals surface area contributed by atoms with E-state index in [0.717, 1.165) is 0 Å². The molecule has 0 rings (SSSR count). The number of rotatable bonds is 5. The predicted octanol–water partition coefficient (Wildman–Crippen LogP) is 0.118. The third kappa shape index (κ3) is 3.64. The Hall–Kier alpha value is -0.610. The van der Waals surface area contributed by atoms with Gasteiger partial charge in [-0.3, -0.25) is 4.79 Å². The Morgan fingerprint density at radius 1 is 1.43 bits per heavy atom. The van der Waals surface area contributed by atoms with Crippen LogP contribution in [0.4, 0.5) is 0 Å². The van der Waals surface area contributed by atoms with Crippen molar-refractivity contribution >= 4 is 5.91 Å². The van der Waals surface area contributed by atoms with Crippen molar-refractivity contribution in [3.63, 3.8) is 0 Å². The summed E-state index contributed by atoms with van der Waals surface area (Å²) in [6.45, 7) is 7.51. The van der Waals surface area contributed by atoms with E-state index < -0.39 is 5.54 Å². The molecule has 0 saturated heterocycles. The average Bonchev–Trinajstić information content (AvgIpc) is 2.12. The van der Waals surface area contributed by atoms with E-state index in [0.29, 0.717) is 0 Å². The molecule has 84 valence electrons. The third-order valence-electron chi connectivity index (χ3n) is 2.51. The van der Waals surface area contributed by atoms with Crippen molar-refractivity contribution in [1.29, 1.82) is 0 Å².